The summed E-state index contributed by atoms with van der Waals surface area (Å²) in [6, 6.07) is 9.61. The van der Waals surface area contributed by atoms with Crippen molar-refractivity contribution in [1.82, 2.24) is 0 Å². The number of carbonyl (C=O) groups excluding carboxylic acids is 1. The molecule has 0 radical (unpaired) electrons. The molecule has 0 spiro atoms. The third kappa shape index (κ3) is 3.06. The second-order valence-electron chi connectivity index (χ2n) is 3.64. The quantitative estimate of drug-likeness (QED) is 0.704. The van der Waals surface area contributed by atoms with Crippen LogP contribution in [0.5, 0.6) is 0 Å². The van der Waals surface area contributed by atoms with E-state index < -0.39 is 0 Å². The smallest absolute Gasteiger partial charge is 0.310 e. The molecule has 0 bridgehead atoms. The molecule has 0 aliphatic carbocycles. The van der Waals surface area contributed by atoms with Crippen molar-refractivity contribution >= 4 is 5.97 Å². The highest BCUT2D eigenvalue weighted by atomic mass is 16.6. The van der Waals surface area contributed by atoms with Gasteiger partial charge in [0.15, 0.2) is 0 Å². The molecule has 1 aliphatic rings. The van der Waals surface area contributed by atoms with Gasteiger partial charge in [0.1, 0.15) is 6.10 Å². The van der Waals surface area contributed by atoms with Crippen LogP contribution in [0.15, 0.2) is 30.3 Å². The minimum absolute atomic E-state index is 0.0405. The zero-order valence-electron chi connectivity index (χ0n) is 8.52. The summed E-state index contributed by atoms with van der Waals surface area (Å²) < 4.78 is 10.4. The van der Waals surface area contributed by atoms with Crippen LogP contribution in [0.25, 0.3) is 0 Å². The summed E-state index contributed by atoms with van der Waals surface area (Å²) in [7, 11) is 0. The van der Waals surface area contributed by atoms with E-state index >= 15 is 0 Å². The van der Waals surface area contributed by atoms with Crippen LogP contribution >= 0.6 is 0 Å². The molecule has 3 nitrogen and oxygen atoms in total. The Labute approximate surface area is 89.0 Å². The van der Waals surface area contributed by atoms with E-state index in [2.05, 4.69) is 0 Å². The molecule has 80 valence electrons. The van der Waals surface area contributed by atoms with Gasteiger partial charge in [-0.2, -0.15) is 0 Å². The van der Waals surface area contributed by atoms with Crippen molar-refractivity contribution in [2.45, 2.75) is 18.9 Å². The predicted octanol–water partition coefficient (Wildman–Crippen LogP) is 1.56. The van der Waals surface area contributed by atoms with Gasteiger partial charge in [-0.3, -0.25) is 4.79 Å². The van der Waals surface area contributed by atoms with Crippen LogP contribution in [0.1, 0.15) is 12.0 Å². The standard InChI is InChI=1S/C12H14O3/c13-12(15-11-6-7-14-9-11)8-10-4-2-1-3-5-10/h1-5,11H,6-9H2. The van der Waals surface area contributed by atoms with Gasteiger partial charge in [0, 0.05) is 6.42 Å². The first kappa shape index (κ1) is 10.2. The molecular formula is C12H14O3. The Morgan fingerprint density at radius 3 is 2.87 bits per heavy atom. The van der Waals surface area contributed by atoms with E-state index in [9.17, 15) is 4.79 Å². The van der Waals surface area contributed by atoms with E-state index in [-0.39, 0.29) is 12.1 Å². The predicted molar refractivity (Wildman–Crippen MR) is 55.5 cm³/mol. The van der Waals surface area contributed by atoms with Crippen LogP contribution < -0.4 is 0 Å². The Hall–Kier alpha value is -1.35. The lowest BCUT2D eigenvalue weighted by atomic mass is 10.1. The number of carbonyl (C=O) groups is 1. The number of hydrogen-bond donors (Lipinski definition) is 0. The van der Waals surface area contributed by atoms with Gasteiger partial charge in [-0.1, -0.05) is 30.3 Å². The maximum Gasteiger partial charge on any atom is 0.310 e. The van der Waals surface area contributed by atoms with Crippen molar-refractivity contribution in [2.24, 2.45) is 0 Å². The maximum atomic E-state index is 11.5. The molecule has 1 saturated heterocycles. The monoisotopic (exact) mass is 206 g/mol. The summed E-state index contributed by atoms with van der Waals surface area (Å²) in [6.07, 6.45) is 1.12. The van der Waals surface area contributed by atoms with Crippen molar-refractivity contribution in [1.29, 1.82) is 0 Å². The number of benzene rings is 1. The minimum atomic E-state index is -0.170. The molecule has 0 aromatic heterocycles. The van der Waals surface area contributed by atoms with Crippen LogP contribution in [0, 0.1) is 0 Å². The molecule has 0 N–H and O–H groups in total. The Kier molecular flexibility index (Phi) is 3.35. The molecule has 0 amide bonds. The highest BCUT2D eigenvalue weighted by Gasteiger charge is 2.19. The second-order valence-corrected chi connectivity index (χ2v) is 3.64. The van der Waals surface area contributed by atoms with Crippen LogP contribution in [0.3, 0.4) is 0 Å². The first-order valence-corrected chi connectivity index (χ1v) is 5.16. The normalized spacial score (nSPS) is 20.1. The van der Waals surface area contributed by atoms with E-state index in [1.54, 1.807) is 0 Å². The molecular weight excluding hydrogens is 192 g/mol. The first-order chi connectivity index (χ1) is 7.34. The van der Waals surface area contributed by atoms with Crippen molar-refractivity contribution in [2.75, 3.05) is 13.2 Å². The largest absolute Gasteiger partial charge is 0.460 e. The second kappa shape index (κ2) is 4.94. The SMILES string of the molecule is O=C(Cc1ccccc1)OC1CCOC1. The molecule has 1 fully saturated rings. The van der Waals surface area contributed by atoms with Gasteiger partial charge < -0.3 is 9.47 Å². The fourth-order valence-corrected chi connectivity index (χ4v) is 1.60. The molecule has 1 atom stereocenters. The third-order valence-electron chi connectivity index (χ3n) is 2.38. The van der Waals surface area contributed by atoms with Crippen LogP contribution in [0.2, 0.25) is 0 Å². The molecule has 1 aliphatic heterocycles. The summed E-state index contributed by atoms with van der Waals surface area (Å²) in [4.78, 5) is 11.5. The van der Waals surface area contributed by atoms with Gasteiger partial charge in [0.25, 0.3) is 0 Å². The van der Waals surface area contributed by atoms with E-state index in [0.717, 1.165) is 12.0 Å². The zero-order chi connectivity index (χ0) is 10.5. The van der Waals surface area contributed by atoms with E-state index in [0.29, 0.717) is 19.6 Å². The fraction of sp³-hybridized carbons (Fsp3) is 0.417. The van der Waals surface area contributed by atoms with E-state index in [1.807, 2.05) is 30.3 Å². The number of ether oxygens (including phenoxy) is 2. The lowest BCUT2D eigenvalue weighted by Crippen LogP contribution is -2.19. The van der Waals surface area contributed by atoms with Crippen molar-refractivity contribution in [3.8, 4) is 0 Å². The van der Waals surface area contributed by atoms with Gasteiger partial charge in [0.05, 0.1) is 19.6 Å². The van der Waals surface area contributed by atoms with E-state index in [1.165, 1.54) is 0 Å². The zero-order valence-corrected chi connectivity index (χ0v) is 8.52. The summed E-state index contributed by atoms with van der Waals surface area (Å²) in [5, 5.41) is 0. The summed E-state index contributed by atoms with van der Waals surface area (Å²) in [6.45, 7) is 1.24. The third-order valence-corrected chi connectivity index (χ3v) is 2.38. The molecule has 3 heteroatoms. The van der Waals surface area contributed by atoms with Gasteiger partial charge in [-0.25, -0.2) is 0 Å². The number of rotatable bonds is 3. The molecule has 1 aromatic carbocycles. The van der Waals surface area contributed by atoms with Gasteiger partial charge >= 0.3 is 5.97 Å². The Morgan fingerprint density at radius 2 is 2.20 bits per heavy atom. The van der Waals surface area contributed by atoms with Gasteiger partial charge in [-0.05, 0) is 5.56 Å². The lowest BCUT2D eigenvalue weighted by molar-refractivity contribution is -0.148. The average molecular weight is 206 g/mol. The molecule has 2 rings (SSSR count). The van der Waals surface area contributed by atoms with Crippen LogP contribution in [-0.4, -0.2) is 25.3 Å². The average Bonchev–Trinajstić information content (AvgIpc) is 2.71. The van der Waals surface area contributed by atoms with Gasteiger partial charge in [-0.15, -0.1) is 0 Å². The topological polar surface area (TPSA) is 35.5 Å². The first-order valence-electron chi connectivity index (χ1n) is 5.16. The Bertz CT molecular complexity index is 315. The molecule has 0 saturated carbocycles. The molecule has 1 aromatic rings. The highest BCUT2D eigenvalue weighted by Crippen LogP contribution is 2.10. The fourth-order valence-electron chi connectivity index (χ4n) is 1.60. The Balaban J connectivity index is 1.82. The number of hydrogen-bond acceptors (Lipinski definition) is 3. The van der Waals surface area contributed by atoms with Crippen molar-refractivity contribution in [3.05, 3.63) is 35.9 Å². The van der Waals surface area contributed by atoms with E-state index in [4.69, 9.17) is 9.47 Å². The molecule has 15 heavy (non-hydrogen) atoms. The van der Waals surface area contributed by atoms with Crippen LogP contribution in [-0.2, 0) is 20.7 Å². The highest BCUT2D eigenvalue weighted by molar-refractivity contribution is 5.72. The number of esters is 1. The summed E-state index contributed by atoms with van der Waals surface area (Å²) >= 11 is 0. The molecule has 1 heterocycles. The summed E-state index contributed by atoms with van der Waals surface area (Å²) in [5.74, 6) is -0.170. The van der Waals surface area contributed by atoms with Crippen LogP contribution in [0.4, 0.5) is 0 Å². The maximum absolute atomic E-state index is 11.5. The Morgan fingerprint density at radius 1 is 1.40 bits per heavy atom. The van der Waals surface area contributed by atoms with Crippen molar-refractivity contribution in [3.63, 3.8) is 0 Å². The summed E-state index contributed by atoms with van der Waals surface area (Å²) in [5.41, 5.74) is 0.987. The van der Waals surface area contributed by atoms with Crippen molar-refractivity contribution < 1.29 is 14.3 Å². The minimum Gasteiger partial charge on any atom is -0.460 e. The lowest BCUT2D eigenvalue weighted by Gasteiger charge is -2.09. The van der Waals surface area contributed by atoms with Gasteiger partial charge in [0.2, 0.25) is 0 Å². The molecule has 1 unspecified atom stereocenters.